The van der Waals surface area contributed by atoms with Crippen LogP contribution in [0.15, 0.2) is 12.2 Å². The van der Waals surface area contributed by atoms with E-state index in [4.69, 9.17) is 9.47 Å². The highest BCUT2D eigenvalue weighted by Crippen LogP contribution is 2.23. The SMILES string of the molecule is CCCCCCC/C=C/CCCC[C@@H](O)[C@H](CO[C@H]1O[C@@H](CO)[C@H](O)C(O)C1O)NC(=O)CCCCCCCCCCCCCCCCCC. The number of aliphatic hydroxyl groups excluding tert-OH is 5. The Hall–Kier alpha value is -1.07. The molecule has 1 aliphatic rings. The van der Waals surface area contributed by atoms with Crippen LogP contribution >= 0.6 is 0 Å². The molecule has 2 unspecified atom stereocenters. The van der Waals surface area contributed by atoms with Gasteiger partial charge in [0.15, 0.2) is 6.29 Å². The van der Waals surface area contributed by atoms with Crippen molar-refractivity contribution in [2.75, 3.05) is 13.2 Å². The molecule has 1 aliphatic heterocycles. The van der Waals surface area contributed by atoms with Gasteiger partial charge in [0, 0.05) is 6.42 Å². The highest BCUT2D eigenvalue weighted by Gasteiger charge is 2.44. The highest BCUT2D eigenvalue weighted by molar-refractivity contribution is 5.76. The van der Waals surface area contributed by atoms with E-state index in [9.17, 15) is 30.3 Å². The lowest BCUT2D eigenvalue weighted by Crippen LogP contribution is -2.60. The minimum absolute atomic E-state index is 0.146. The predicted molar refractivity (Wildman–Crippen MR) is 203 cm³/mol. The number of carbonyl (C=O) groups is 1. The second-order valence-electron chi connectivity index (χ2n) is 14.8. The summed E-state index contributed by atoms with van der Waals surface area (Å²) in [7, 11) is 0. The number of rotatable bonds is 34. The fourth-order valence-electron chi connectivity index (χ4n) is 6.68. The predicted octanol–water partition coefficient (Wildman–Crippen LogP) is 7.78. The van der Waals surface area contributed by atoms with Crippen molar-refractivity contribution >= 4 is 5.91 Å². The van der Waals surface area contributed by atoms with Gasteiger partial charge < -0.3 is 40.3 Å². The van der Waals surface area contributed by atoms with E-state index in [1.54, 1.807) is 0 Å². The zero-order chi connectivity index (χ0) is 36.7. The first kappa shape index (κ1) is 47.0. The molecule has 1 heterocycles. The van der Waals surface area contributed by atoms with Crippen molar-refractivity contribution in [2.24, 2.45) is 0 Å². The van der Waals surface area contributed by atoms with Crippen molar-refractivity contribution in [1.82, 2.24) is 5.32 Å². The molecule has 0 radical (unpaired) electrons. The van der Waals surface area contributed by atoms with Crippen LogP contribution in [0.4, 0.5) is 0 Å². The van der Waals surface area contributed by atoms with Gasteiger partial charge >= 0.3 is 0 Å². The van der Waals surface area contributed by atoms with Crippen LogP contribution in [0.1, 0.15) is 187 Å². The van der Waals surface area contributed by atoms with Crippen LogP contribution < -0.4 is 5.32 Å². The van der Waals surface area contributed by atoms with E-state index >= 15 is 0 Å². The van der Waals surface area contributed by atoms with Crippen LogP contribution in [0.3, 0.4) is 0 Å². The molecule has 1 saturated heterocycles. The standard InChI is InChI=1S/C41H79NO8/c1-3-5-7-9-11-13-15-16-17-18-19-21-23-25-27-29-31-37(45)42-34(33-49-41-40(48)39(47)38(46)36(32-43)50-41)35(44)30-28-26-24-22-20-14-12-10-8-6-4-2/h20,22,34-36,38-41,43-44,46-48H,3-19,21,23-33H2,1-2H3,(H,42,45)/b22-20+/t34-,35+,36-,38-,39?,40?,41-/m0/s1. The smallest absolute Gasteiger partial charge is 0.220 e. The molecule has 9 nitrogen and oxygen atoms in total. The summed E-state index contributed by atoms with van der Waals surface area (Å²) in [6.45, 7) is 3.79. The van der Waals surface area contributed by atoms with Gasteiger partial charge in [-0.05, 0) is 38.5 Å². The third kappa shape index (κ3) is 23.5. The van der Waals surface area contributed by atoms with Crippen LogP contribution in [0.25, 0.3) is 0 Å². The van der Waals surface area contributed by atoms with Gasteiger partial charge in [-0.25, -0.2) is 0 Å². The molecule has 6 N–H and O–H groups in total. The fourth-order valence-corrected chi connectivity index (χ4v) is 6.68. The van der Waals surface area contributed by atoms with Gasteiger partial charge in [0.1, 0.15) is 24.4 Å². The molecule has 0 aliphatic carbocycles. The summed E-state index contributed by atoms with van der Waals surface area (Å²) in [5, 5.41) is 54.1. The van der Waals surface area contributed by atoms with Gasteiger partial charge in [0.2, 0.25) is 5.91 Å². The Morgan fingerprint density at radius 3 is 1.62 bits per heavy atom. The first-order valence-electron chi connectivity index (χ1n) is 20.9. The number of aliphatic hydroxyl groups is 5. The van der Waals surface area contributed by atoms with Gasteiger partial charge in [0.05, 0.1) is 25.4 Å². The van der Waals surface area contributed by atoms with E-state index in [0.29, 0.717) is 12.8 Å². The van der Waals surface area contributed by atoms with Gasteiger partial charge in [0.25, 0.3) is 0 Å². The molecule has 0 bridgehead atoms. The molecular weight excluding hydrogens is 634 g/mol. The Bertz CT molecular complexity index is 797. The average Bonchev–Trinajstić information content (AvgIpc) is 3.11. The molecule has 0 aromatic carbocycles. The topological polar surface area (TPSA) is 149 Å². The van der Waals surface area contributed by atoms with Crippen LogP contribution in [-0.4, -0.2) is 87.5 Å². The summed E-state index contributed by atoms with van der Waals surface area (Å²) in [6.07, 6.45) is 27.9. The zero-order valence-electron chi connectivity index (χ0n) is 32.2. The van der Waals surface area contributed by atoms with Crippen LogP contribution in [0.2, 0.25) is 0 Å². The molecule has 1 amide bonds. The van der Waals surface area contributed by atoms with Crippen molar-refractivity contribution in [3.8, 4) is 0 Å². The molecule has 50 heavy (non-hydrogen) atoms. The summed E-state index contributed by atoms with van der Waals surface area (Å²) in [5.74, 6) is -0.154. The first-order chi connectivity index (χ1) is 24.3. The Balaban J connectivity index is 2.37. The summed E-state index contributed by atoms with van der Waals surface area (Å²) >= 11 is 0. The molecule has 0 aromatic heterocycles. The lowest BCUT2D eigenvalue weighted by atomic mass is 9.99. The zero-order valence-corrected chi connectivity index (χ0v) is 32.2. The quantitative estimate of drug-likeness (QED) is 0.0293. The van der Waals surface area contributed by atoms with Crippen LogP contribution in [-0.2, 0) is 14.3 Å². The normalized spacial score (nSPS) is 22.3. The Kier molecular flexibility index (Phi) is 30.6. The number of nitrogens with one attached hydrogen (secondary N) is 1. The number of allylic oxidation sites excluding steroid dienone is 2. The monoisotopic (exact) mass is 714 g/mol. The van der Waals surface area contributed by atoms with Crippen molar-refractivity contribution in [1.29, 1.82) is 0 Å². The molecule has 9 heteroatoms. The molecule has 0 aromatic rings. The van der Waals surface area contributed by atoms with Crippen molar-refractivity contribution in [3.63, 3.8) is 0 Å². The lowest BCUT2D eigenvalue weighted by molar-refractivity contribution is -0.302. The van der Waals surface area contributed by atoms with Gasteiger partial charge in [-0.1, -0.05) is 154 Å². The summed E-state index contributed by atoms with van der Waals surface area (Å²) in [4.78, 5) is 12.9. The molecule has 7 atom stereocenters. The minimum atomic E-state index is -1.55. The number of hydrogen-bond acceptors (Lipinski definition) is 8. The minimum Gasteiger partial charge on any atom is -0.394 e. The molecule has 1 fully saturated rings. The van der Waals surface area contributed by atoms with Gasteiger partial charge in [-0.3, -0.25) is 4.79 Å². The Morgan fingerprint density at radius 1 is 0.660 bits per heavy atom. The van der Waals surface area contributed by atoms with Crippen molar-refractivity contribution in [2.45, 2.75) is 230 Å². The van der Waals surface area contributed by atoms with Crippen molar-refractivity contribution < 1.29 is 39.8 Å². The molecular formula is C41H79NO8. The number of hydrogen-bond donors (Lipinski definition) is 6. The first-order valence-corrected chi connectivity index (χ1v) is 20.9. The third-order valence-electron chi connectivity index (χ3n) is 10.1. The molecule has 0 spiro atoms. The summed E-state index contributed by atoms with van der Waals surface area (Å²) in [5.41, 5.74) is 0. The number of amides is 1. The van der Waals surface area contributed by atoms with Crippen molar-refractivity contribution in [3.05, 3.63) is 12.2 Å². The van der Waals surface area contributed by atoms with Crippen LogP contribution in [0.5, 0.6) is 0 Å². The van der Waals surface area contributed by atoms with E-state index in [1.165, 1.54) is 116 Å². The molecule has 1 rings (SSSR count). The maximum atomic E-state index is 12.9. The Morgan fingerprint density at radius 2 is 1.12 bits per heavy atom. The summed E-state index contributed by atoms with van der Waals surface area (Å²) < 4.78 is 11.2. The van der Waals surface area contributed by atoms with E-state index in [0.717, 1.165) is 44.9 Å². The summed E-state index contributed by atoms with van der Waals surface area (Å²) in [6, 6.07) is -0.727. The maximum absolute atomic E-state index is 12.9. The number of ether oxygens (including phenoxy) is 2. The average molecular weight is 714 g/mol. The number of carbonyl (C=O) groups excluding carboxylic acids is 1. The third-order valence-corrected chi connectivity index (χ3v) is 10.1. The van der Waals surface area contributed by atoms with Crippen LogP contribution in [0, 0.1) is 0 Å². The molecule has 296 valence electrons. The maximum Gasteiger partial charge on any atom is 0.220 e. The molecule has 0 saturated carbocycles. The second-order valence-corrected chi connectivity index (χ2v) is 14.8. The highest BCUT2D eigenvalue weighted by atomic mass is 16.7. The van der Waals surface area contributed by atoms with Gasteiger partial charge in [-0.2, -0.15) is 0 Å². The van der Waals surface area contributed by atoms with E-state index in [-0.39, 0.29) is 12.5 Å². The van der Waals surface area contributed by atoms with E-state index in [2.05, 4.69) is 31.3 Å². The van der Waals surface area contributed by atoms with E-state index in [1.807, 2.05) is 0 Å². The fraction of sp³-hybridized carbons (Fsp3) is 0.927. The largest absolute Gasteiger partial charge is 0.394 e. The Labute approximate surface area is 306 Å². The number of unbranched alkanes of at least 4 members (excludes halogenated alkanes) is 22. The van der Waals surface area contributed by atoms with E-state index < -0.39 is 49.5 Å². The van der Waals surface area contributed by atoms with Gasteiger partial charge in [-0.15, -0.1) is 0 Å². The lowest BCUT2D eigenvalue weighted by Gasteiger charge is -2.40. The second kappa shape index (κ2) is 32.6.